The second kappa shape index (κ2) is 7.81. The minimum atomic E-state index is -0.633. The Morgan fingerprint density at radius 2 is 1.92 bits per heavy atom. The molecule has 2 N–H and O–H groups in total. The van der Waals surface area contributed by atoms with E-state index in [9.17, 15) is 9.59 Å². The fraction of sp³-hybridized carbons (Fsp3) is 0.294. The van der Waals surface area contributed by atoms with Gasteiger partial charge in [0.05, 0.1) is 8.66 Å². The van der Waals surface area contributed by atoms with Crippen LogP contribution in [0.1, 0.15) is 22.2 Å². The highest BCUT2D eigenvalue weighted by atomic mass is 79.9. The van der Waals surface area contributed by atoms with Gasteiger partial charge in [-0.25, -0.2) is 0 Å². The third-order valence-corrected chi connectivity index (χ3v) is 5.14. The molecule has 1 unspecified atom stereocenters. The molecular weight excluding hydrogens is 390 g/mol. The highest BCUT2D eigenvalue weighted by Crippen LogP contribution is 2.23. The Morgan fingerprint density at radius 1 is 1.21 bits per heavy atom. The molecule has 0 aliphatic heterocycles. The second-order valence-corrected chi connectivity index (χ2v) is 8.14. The number of nitrogens with zero attached hydrogens (tertiary/aromatic N) is 1. The number of nitrogens with one attached hydrogen (secondary N) is 2. The number of aryl methyl sites for hydroxylation is 1. The summed E-state index contributed by atoms with van der Waals surface area (Å²) in [5.41, 5.74) is 2.77. The van der Waals surface area contributed by atoms with Crippen molar-refractivity contribution >= 4 is 50.5 Å². The molecule has 2 aromatic rings. The normalized spacial score (nSPS) is 11.7. The van der Waals surface area contributed by atoms with E-state index < -0.39 is 6.04 Å². The van der Waals surface area contributed by atoms with E-state index in [1.807, 2.05) is 44.1 Å². The van der Waals surface area contributed by atoms with Gasteiger partial charge < -0.3 is 15.5 Å². The van der Waals surface area contributed by atoms with Crippen LogP contribution in [-0.4, -0.2) is 32.0 Å². The quantitative estimate of drug-likeness (QED) is 0.791. The Labute approximate surface area is 154 Å². The molecule has 5 nitrogen and oxygen atoms in total. The van der Waals surface area contributed by atoms with Crippen molar-refractivity contribution in [2.45, 2.75) is 19.9 Å². The molecule has 2 amide bonds. The zero-order valence-electron chi connectivity index (χ0n) is 14.0. The average Bonchev–Trinajstić information content (AvgIpc) is 2.95. The van der Waals surface area contributed by atoms with Crippen LogP contribution in [0.5, 0.6) is 0 Å². The highest BCUT2D eigenvalue weighted by Gasteiger charge is 2.18. The van der Waals surface area contributed by atoms with Crippen LogP contribution >= 0.6 is 27.3 Å². The van der Waals surface area contributed by atoms with Crippen molar-refractivity contribution < 1.29 is 9.59 Å². The van der Waals surface area contributed by atoms with Crippen molar-refractivity contribution in [1.29, 1.82) is 0 Å². The number of halogens is 1. The van der Waals surface area contributed by atoms with Gasteiger partial charge in [0.1, 0.15) is 6.04 Å². The van der Waals surface area contributed by atoms with Crippen LogP contribution in [0.15, 0.2) is 34.1 Å². The Bertz CT molecular complexity index is 758. The first kappa shape index (κ1) is 18.5. The summed E-state index contributed by atoms with van der Waals surface area (Å²) < 4.78 is 0.876. The van der Waals surface area contributed by atoms with E-state index >= 15 is 0 Å². The third kappa shape index (κ3) is 4.58. The maximum Gasteiger partial charge on any atom is 0.262 e. The Hall–Kier alpha value is -1.86. The highest BCUT2D eigenvalue weighted by molar-refractivity contribution is 9.11. The van der Waals surface area contributed by atoms with Gasteiger partial charge in [0, 0.05) is 25.5 Å². The molecule has 0 saturated carbocycles. The van der Waals surface area contributed by atoms with Crippen molar-refractivity contribution in [2.24, 2.45) is 0 Å². The molecule has 0 bridgehead atoms. The molecule has 2 rings (SSSR count). The number of rotatable bonds is 5. The number of hydrogen-bond acceptors (Lipinski definition) is 4. The number of hydrogen-bond donors (Lipinski definition) is 2. The van der Waals surface area contributed by atoms with Crippen LogP contribution in [0.3, 0.4) is 0 Å². The van der Waals surface area contributed by atoms with Crippen LogP contribution in [0.25, 0.3) is 0 Å². The minimum absolute atomic E-state index is 0.250. The van der Waals surface area contributed by atoms with E-state index in [0.717, 1.165) is 20.7 Å². The van der Waals surface area contributed by atoms with Crippen LogP contribution in [0.4, 0.5) is 11.4 Å². The zero-order valence-corrected chi connectivity index (χ0v) is 16.4. The first-order valence-electron chi connectivity index (χ1n) is 7.43. The Morgan fingerprint density at radius 3 is 2.46 bits per heavy atom. The van der Waals surface area contributed by atoms with Crippen LogP contribution < -0.4 is 15.5 Å². The van der Waals surface area contributed by atoms with E-state index in [0.29, 0.717) is 4.88 Å². The standard InChI is InChI=1S/C17H20BrN3O2S/c1-10-9-12(21(3)4)5-6-13(10)20-16(22)11(2)19-17(23)14-7-8-15(18)24-14/h5-9,11H,1-4H3,(H,19,23)(H,20,22). The maximum atomic E-state index is 12.3. The second-order valence-electron chi connectivity index (χ2n) is 5.68. The molecular formula is C17H20BrN3O2S. The number of amides is 2. The van der Waals surface area contributed by atoms with E-state index in [-0.39, 0.29) is 11.8 Å². The summed E-state index contributed by atoms with van der Waals surface area (Å²) in [6.07, 6.45) is 0. The molecule has 1 atom stereocenters. The SMILES string of the molecule is Cc1cc(N(C)C)ccc1NC(=O)C(C)NC(=O)c1ccc(Br)s1. The molecule has 0 radical (unpaired) electrons. The average molecular weight is 410 g/mol. The number of carbonyl (C=O) groups excluding carboxylic acids is 2. The van der Waals surface area contributed by atoms with Crippen LogP contribution in [0.2, 0.25) is 0 Å². The lowest BCUT2D eigenvalue weighted by molar-refractivity contribution is -0.117. The van der Waals surface area contributed by atoms with Gasteiger partial charge in [-0.3, -0.25) is 9.59 Å². The van der Waals surface area contributed by atoms with Gasteiger partial charge in [-0.1, -0.05) is 0 Å². The minimum Gasteiger partial charge on any atom is -0.378 e. The Kier molecular flexibility index (Phi) is 6.01. The van der Waals surface area contributed by atoms with Crippen LogP contribution in [-0.2, 0) is 4.79 Å². The van der Waals surface area contributed by atoms with E-state index in [1.165, 1.54) is 11.3 Å². The lowest BCUT2D eigenvalue weighted by Crippen LogP contribution is -2.41. The largest absolute Gasteiger partial charge is 0.378 e. The molecule has 1 heterocycles. The van der Waals surface area contributed by atoms with Gasteiger partial charge >= 0.3 is 0 Å². The first-order chi connectivity index (χ1) is 11.3. The molecule has 0 spiro atoms. The number of benzene rings is 1. The fourth-order valence-corrected chi connectivity index (χ4v) is 3.37. The summed E-state index contributed by atoms with van der Waals surface area (Å²) in [4.78, 5) is 27.0. The van der Waals surface area contributed by atoms with Crippen LogP contribution in [0, 0.1) is 6.92 Å². The molecule has 0 saturated heterocycles. The van der Waals surface area contributed by atoms with Crippen molar-refractivity contribution in [3.8, 4) is 0 Å². The van der Waals surface area contributed by atoms with Crippen molar-refractivity contribution in [2.75, 3.05) is 24.3 Å². The number of thiophene rings is 1. The van der Waals surface area contributed by atoms with Crippen molar-refractivity contribution in [3.05, 3.63) is 44.6 Å². The lowest BCUT2D eigenvalue weighted by atomic mass is 10.1. The molecule has 0 aliphatic carbocycles. The zero-order chi connectivity index (χ0) is 17.9. The monoisotopic (exact) mass is 409 g/mol. The summed E-state index contributed by atoms with van der Waals surface area (Å²) in [7, 11) is 3.93. The summed E-state index contributed by atoms with van der Waals surface area (Å²) in [5.74, 6) is -0.507. The predicted molar refractivity (Wildman–Crippen MR) is 103 cm³/mol. The molecule has 1 aromatic carbocycles. The Balaban J connectivity index is 2.00. The maximum absolute atomic E-state index is 12.3. The molecule has 0 aliphatic rings. The van der Waals surface area contributed by atoms with Gasteiger partial charge in [-0.2, -0.15) is 0 Å². The predicted octanol–water partition coefficient (Wildman–Crippen LogP) is 3.64. The third-order valence-electron chi connectivity index (χ3n) is 3.52. The van der Waals surface area contributed by atoms with Gasteiger partial charge in [0.2, 0.25) is 5.91 Å². The molecule has 24 heavy (non-hydrogen) atoms. The van der Waals surface area contributed by atoms with Gasteiger partial charge in [0.25, 0.3) is 5.91 Å². The van der Waals surface area contributed by atoms with Gasteiger partial charge in [-0.05, 0) is 65.7 Å². The molecule has 1 aromatic heterocycles. The smallest absolute Gasteiger partial charge is 0.262 e. The summed E-state index contributed by atoms with van der Waals surface area (Å²) in [6.45, 7) is 3.61. The van der Waals surface area contributed by atoms with Crippen molar-refractivity contribution in [3.63, 3.8) is 0 Å². The molecule has 7 heteroatoms. The van der Waals surface area contributed by atoms with E-state index in [2.05, 4.69) is 26.6 Å². The topological polar surface area (TPSA) is 61.4 Å². The van der Waals surface area contributed by atoms with Gasteiger partial charge in [-0.15, -0.1) is 11.3 Å². The van der Waals surface area contributed by atoms with Crippen molar-refractivity contribution in [1.82, 2.24) is 5.32 Å². The molecule has 128 valence electrons. The summed E-state index contributed by atoms with van der Waals surface area (Å²) in [5, 5.41) is 5.57. The first-order valence-corrected chi connectivity index (χ1v) is 9.04. The molecule has 0 fully saturated rings. The van der Waals surface area contributed by atoms with E-state index in [1.54, 1.807) is 19.1 Å². The number of anilines is 2. The summed E-state index contributed by atoms with van der Waals surface area (Å²) in [6, 6.07) is 8.70. The summed E-state index contributed by atoms with van der Waals surface area (Å²) >= 11 is 4.65. The fourth-order valence-electron chi connectivity index (χ4n) is 2.08. The lowest BCUT2D eigenvalue weighted by Gasteiger charge is -2.17. The number of carbonyl (C=O) groups is 2. The van der Waals surface area contributed by atoms with Gasteiger partial charge in [0.15, 0.2) is 0 Å². The van der Waals surface area contributed by atoms with E-state index in [4.69, 9.17) is 0 Å².